The molecule has 0 saturated carbocycles. The van der Waals surface area contributed by atoms with Crippen molar-refractivity contribution in [2.45, 2.75) is 58.7 Å². The predicted octanol–water partition coefficient (Wildman–Crippen LogP) is 2.22. The molecular formula is C20H30N2O3. The van der Waals surface area contributed by atoms with E-state index in [9.17, 15) is 14.7 Å². The van der Waals surface area contributed by atoms with E-state index in [4.69, 9.17) is 0 Å². The standard InChI is InChI=1S/C20H30N2O3/c1-6-14(2)18(23)22-12-16-10-8-7-9-15(16)11-17(22)19(24)21(5)13-20(3,4)25/h7-10,14,17,25H,6,11-13H2,1-5H3. The second-order valence-electron chi connectivity index (χ2n) is 7.77. The van der Waals surface area contributed by atoms with Gasteiger partial charge >= 0.3 is 0 Å². The first-order chi connectivity index (χ1) is 11.6. The van der Waals surface area contributed by atoms with Crippen LogP contribution in [0.1, 0.15) is 45.2 Å². The molecule has 2 atom stereocenters. The summed E-state index contributed by atoms with van der Waals surface area (Å²) < 4.78 is 0. The van der Waals surface area contributed by atoms with Crippen LogP contribution in [0.25, 0.3) is 0 Å². The number of hydrogen-bond donors (Lipinski definition) is 1. The summed E-state index contributed by atoms with van der Waals surface area (Å²) in [6, 6.07) is 7.47. The molecule has 2 unspecified atom stereocenters. The lowest BCUT2D eigenvalue weighted by Crippen LogP contribution is -2.55. The summed E-state index contributed by atoms with van der Waals surface area (Å²) in [6.07, 6.45) is 1.27. The number of fused-ring (bicyclic) bond motifs is 1. The molecule has 0 saturated heterocycles. The Hall–Kier alpha value is -1.88. The van der Waals surface area contributed by atoms with Crippen molar-refractivity contribution in [2.24, 2.45) is 5.92 Å². The zero-order valence-electron chi connectivity index (χ0n) is 16.0. The number of likely N-dealkylation sites (N-methyl/N-ethyl adjacent to an activating group) is 1. The average Bonchev–Trinajstić information content (AvgIpc) is 2.57. The Morgan fingerprint density at radius 1 is 1.32 bits per heavy atom. The van der Waals surface area contributed by atoms with Crippen LogP contribution in [0, 0.1) is 5.92 Å². The maximum atomic E-state index is 13.0. The third-order valence-corrected chi connectivity index (χ3v) is 4.85. The molecule has 5 heteroatoms. The van der Waals surface area contributed by atoms with Crippen LogP contribution in [0.4, 0.5) is 0 Å². The van der Waals surface area contributed by atoms with E-state index in [-0.39, 0.29) is 24.3 Å². The minimum absolute atomic E-state index is 0.0204. The number of rotatable bonds is 5. The maximum absolute atomic E-state index is 13.0. The Morgan fingerprint density at radius 2 is 1.92 bits per heavy atom. The van der Waals surface area contributed by atoms with Gasteiger partial charge in [0.2, 0.25) is 11.8 Å². The first-order valence-electron chi connectivity index (χ1n) is 8.98. The fraction of sp³-hybridized carbons (Fsp3) is 0.600. The van der Waals surface area contributed by atoms with Crippen LogP contribution >= 0.6 is 0 Å². The SMILES string of the molecule is CCC(C)C(=O)N1Cc2ccccc2CC1C(=O)N(C)CC(C)(C)O. The van der Waals surface area contributed by atoms with E-state index in [1.54, 1.807) is 25.8 Å². The molecule has 25 heavy (non-hydrogen) atoms. The number of benzene rings is 1. The molecule has 0 bridgehead atoms. The second kappa shape index (κ2) is 7.56. The van der Waals surface area contributed by atoms with Gasteiger partial charge in [-0.1, -0.05) is 38.1 Å². The van der Waals surface area contributed by atoms with Gasteiger partial charge in [-0.05, 0) is 31.4 Å². The van der Waals surface area contributed by atoms with E-state index in [0.717, 1.165) is 17.5 Å². The lowest BCUT2D eigenvalue weighted by molar-refractivity contribution is -0.149. The van der Waals surface area contributed by atoms with Crippen LogP contribution in [-0.2, 0) is 22.6 Å². The fourth-order valence-electron chi connectivity index (χ4n) is 3.35. The molecule has 0 fully saturated rings. The smallest absolute Gasteiger partial charge is 0.245 e. The first-order valence-corrected chi connectivity index (χ1v) is 8.98. The number of carbonyl (C=O) groups is 2. The van der Waals surface area contributed by atoms with Crippen LogP contribution in [0.5, 0.6) is 0 Å². The van der Waals surface area contributed by atoms with Crippen molar-refractivity contribution in [1.29, 1.82) is 0 Å². The van der Waals surface area contributed by atoms with Crippen molar-refractivity contribution in [1.82, 2.24) is 9.80 Å². The molecule has 2 rings (SSSR count). The van der Waals surface area contributed by atoms with Crippen LogP contribution in [0.15, 0.2) is 24.3 Å². The maximum Gasteiger partial charge on any atom is 0.245 e. The summed E-state index contributed by atoms with van der Waals surface area (Å²) in [5, 5.41) is 10.0. The molecule has 1 heterocycles. The normalized spacial score (nSPS) is 18.5. The highest BCUT2D eigenvalue weighted by Gasteiger charge is 2.37. The van der Waals surface area contributed by atoms with Gasteiger partial charge in [-0.2, -0.15) is 0 Å². The summed E-state index contributed by atoms with van der Waals surface area (Å²) in [6.45, 7) is 7.94. The minimum Gasteiger partial charge on any atom is -0.389 e. The highest BCUT2D eigenvalue weighted by Crippen LogP contribution is 2.26. The van der Waals surface area contributed by atoms with E-state index in [1.807, 2.05) is 38.1 Å². The third-order valence-electron chi connectivity index (χ3n) is 4.85. The lowest BCUT2D eigenvalue weighted by atomic mass is 9.91. The molecule has 0 aliphatic carbocycles. The quantitative estimate of drug-likeness (QED) is 0.889. The van der Waals surface area contributed by atoms with E-state index < -0.39 is 11.6 Å². The monoisotopic (exact) mass is 346 g/mol. The zero-order valence-corrected chi connectivity index (χ0v) is 16.0. The van der Waals surface area contributed by atoms with Crippen LogP contribution in [-0.4, -0.2) is 52.0 Å². The predicted molar refractivity (Wildman–Crippen MR) is 97.9 cm³/mol. The van der Waals surface area contributed by atoms with Gasteiger partial charge in [-0.25, -0.2) is 0 Å². The van der Waals surface area contributed by atoms with E-state index in [2.05, 4.69) is 0 Å². The van der Waals surface area contributed by atoms with Crippen LogP contribution in [0.2, 0.25) is 0 Å². The van der Waals surface area contributed by atoms with Gasteiger partial charge in [-0.3, -0.25) is 9.59 Å². The molecule has 0 aromatic heterocycles. The Balaban J connectivity index is 2.30. The second-order valence-corrected chi connectivity index (χ2v) is 7.77. The average molecular weight is 346 g/mol. The fourth-order valence-corrected chi connectivity index (χ4v) is 3.35. The van der Waals surface area contributed by atoms with Gasteiger partial charge in [0.1, 0.15) is 6.04 Å². The number of aliphatic hydroxyl groups is 1. The number of carbonyl (C=O) groups excluding carboxylic acids is 2. The molecule has 5 nitrogen and oxygen atoms in total. The summed E-state index contributed by atoms with van der Waals surface area (Å²) in [5.41, 5.74) is 1.25. The number of nitrogens with zero attached hydrogens (tertiary/aromatic N) is 2. The van der Waals surface area contributed by atoms with Crippen LogP contribution < -0.4 is 0 Å². The van der Waals surface area contributed by atoms with Crippen molar-refractivity contribution < 1.29 is 14.7 Å². The summed E-state index contributed by atoms with van der Waals surface area (Å²) in [7, 11) is 1.69. The van der Waals surface area contributed by atoms with Gasteiger partial charge in [0.25, 0.3) is 0 Å². The Labute approximate surface area is 150 Å². The molecule has 1 N–H and O–H groups in total. The molecule has 2 amide bonds. The summed E-state index contributed by atoms with van der Waals surface area (Å²) >= 11 is 0. The summed E-state index contributed by atoms with van der Waals surface area (Å²) in [4.78, 5) is 29.2. The molecule has 0 spiro atoms. The van der Waals surface area contributed by atoms with Crippen molar-refractivity contribution in [3.8, 4) is 0 Å². The molecule has 138 valence electrons. The largest absolute Gasteiger partial charge is 0.389 e. The van der Waals surface area contributed by atoms with Crippen molar-refractivity contribution >= 4 is 11.8 Å². The highest BCUT2D eigenvalue weighted by atomic mass is 16.3. The Kier molecular flexibility index (Phi) is 5.88. The van der Waals surface area contributed by atoms with E-state index in [0.29, 0.717) is 13.0 Å². The third kappa shape index (κ3) is 4.60. The van der Waals surface area contributed by atoms with Gasteiger partial charge in [0.05, 0.1) is 5.60 Å². The molecule has 1 aliphatic heterocycles. The minimum atomic E-state index is -0.970. The highest BCUT2D eigenvalue weighted by molar-refractivity contribution is 5.89. The van der Waals surface area contributed by atoms with Crippen molar-refractivity contribution in [3.63, 3.8) is 0 Å². The first kappa shape index (κ1) is 19.4. The topological polar surface area (TPSA) is 60.9 Å². The van der Waals surface area contributed by atoms with Crippen molar-refractivity contribution in [3.05, 3.63) is 35.4 Å². The van der Waals surface area contributed by atoms with Gasteiger partial charge in [0.15, 0.2) is 0 Å². The summed E-state index contributed by atoms with van der Waals surface area (Å²) in [5.74, 6) is -0.208. The van der Waals surface area contributed by atoms with E-state index in [1.165, 1.54) is 4.90 Å². The van der Waals surface area contributed by atoms with Crippen LogP contribution in [0.3, 0.4) is 0 Å². The molecule has 0 radical (unpaired) electrons. The number of amides is 2. The molecule has 1 aromatic carbocycles. The van der Waals surface area contributed by atoms with Gasteiger partial charge in [0, 0.05) is 32.5 Å². The molecule has 1 aliphatic rings. The van der Waals surface area contributed by atoms with E-state index >= 15 is 0 Å². The Morgan fingerprint density at radius 3 is 2.48 bits per heavy atom. The molecular weight excluding hydrogens is 316 g/mol. The van der Waals surface area contributed by atoms with Gasteiger partial charge in [-0.15, -0.1) is 0 Å². The van der Waals surface area contributed by atoms with Crippen molar-refractivity contribution in [2.75, 3.05) is 13.6 Å². The lowest BCUT2D eigenvalue weighted by Gasteiger charge is -2.39. The number of hydrogen-bond acceptors (Lipinski definition) is 3. The zero-order chi connectivity index (χ0) is 18.8. The molecule has 1 aromatic rings. The Bertz CT molecular complexity index is 636. The van der Waals surface area contributed by atoms with Gasteiger partial charge < -0.3 is 14.9 Å².